The van der Waals surface area contributed by atoms with Crippen LogP contribution in [0.2, 0.25) is 0 Å². The van der Waals surface area contributed by atoms with E-state index >= 15 is 0 Å². The molecule has 0 spiro atoms. The highest BCUT2D eigenvalue weighted by atomic mass is 19.1. The molecule has 0 bridgehead atoms. The molecule has 0 fully saturated rings. The van der Waals surface area contributed by atoms with Crippen molar-refractivity contribution in [2.75, 3.05) is 0 Å². The predicted molar refractivity (Wildman–Crippen MR) is 100 cm³/mol. The van der Waals surface area contributed by atoms with Gasteiger partial charge in [-0.2, -0.15) is 0 Å². The van der Waals surface area contributed by atoms with Crippen LogP contribution in [0.4, 0.5) is 4.39 Å². The first-order chi connectivity index (χ1) is 11.6. The molecule has 0 aliphatic rings. The van der Waals surface area contributed by atoms with Crippen LogP contribution >= 0.6 is 0 Å². The van der Waals surface area contributed by atoms with Gasteiger partial charge in [-0.1, -0.05) is 66.7 Å². The number of benzene rings is 3. The summed E-state index contributed by atoms with van der Waals surface area (Å²) in [5.74, 6) is -0.201. The van der Waals surface area contributed by atoms with Crippen LogP contribution in [0.1, 0.15) is 22.3 Å². The zero-order chi connectivity index (χ0) is 16.9. The summed E-state index contributed by atoms with van der Waals surface area (Å²) in [6, 6.07) is 21.5. The molecule has 0 heterocycles. The van der Waals surface area contributed by atoms with E-state index in [1.165, 1.54) is 39.9 Å². The summed E-state index contributed by atoms with van der Waals surface area (Å²) < 4.78 is 13.2. The SMILES string of the molecule is Cc1cc(C/C=C/c2ccccc2)c(-c2ccc(F)cc2)cc1C. The molecule has 0 saturated heterocycles. The van der Waals surface area contributed by atoms with Gasteiger partial charge in [0.2, 0.25) is 0 Å². The lowest BCUT2D eigenvalue weighted by atomic mass is 9.93. The second-order valence-corrected chi connectivity index (χ2v) is 6.12. The minimum absolute atomic E-state index is 0.201. The highest BCUT2D eigenvalue weighted by molar-refractivity contribution is 5.69. The van der Waals surface area contributed by atoms with Gasteiger partial charge in [0, 0.05) is 0 Å². The maximum Gasteiger partial charge on any atom is 0.123 e. The van der Waals surface area contributed by atoms with Crippen LogP contribution in [-0.4, -0.2) is 0 Å². The van der Waals surface area contributed by atoms with Crippen LogP contribution < -0.4 is 0 Å². The van der Waals surface area contributed by atoms with Crippen LogP contribution in [0.5, 0.6) is 0 Å². The lowest BCUT2D eigenvalue weighted by Gasteiger charge is -2.12. The summed E-state index contributed by atoms with van der Waals surface area (Å²) in [4.78, 5) is 0. The Morgan fingerprint density at radius 3 is 2.21 bits per heavy atom. The molecule has 1 heteroatoms. The zero-order valence-corrected chi connectivity index (χ0v) is 14.1. The fourth-order valence-electron chi connectivity index (χ4n) is 2.83. The second kappa shape index (κ2) is 7.27. The lowest BCUT2D eigenvalue weighted by Crippen LogP contribution is -1.93. The maximum absolute atomic E-state index is 13.2. The predicted octanol–water partition coefficient (Wildman–Crippen LogP) is 6.37. The molecular formula is C23H21F. The summed E-state index contributed by atoms with van der Waals surface area (Å²) >= 11 is 0. The van der Waals surface area contributed by atoms with Gasteiger partial charge in [0.05, 0.1) is 0 Å². The van der Waals surface area contributed by atoms with Gasteiger partial charge in [-0.25, -0.2) is 4.39 Å². The van der Waals surface area contributed by atoms with Gasteiger partial charge in [-0.15, -0.1) is 0 Å². The molecule has 0 saturated carbocycles. The molecule has 3 aromatic rings. The Kier molecular flexibility index (Phi) is 4.90. The molecule has 0 N–H and O–H groups in total. The molecular weight excluding hydrogens is 295 g/mol. The molecule has 0 unspecified atom stereocenters. The Morgan fingerprint density at radius 2 is 1.50 bits per heavy atom. The smallest absolute Gasteiger partial charge is 0.123 e. The van der Waals surface area contributed by atoms with Crippen molar-refractivity contribution in [3.63, 3.8) is 0 Å². The van der Waals surface area contributed by atoms with Crippen molar-refractivity contribution in [1.82, 2.24) is 0 Å². The van der Waals surface area contributed by atoms with Crippen LogP contribution in [0, 0.1) is 19.7 Å². The maximum atomic E-state index is 13.2. The van der Waals surface area contributed by atoms with E-state index in [-0.39, 0.29) is 5.82 Å². The van der Waals surface area contributed by atoms with Crippen molar-refractivity contribution in [2.24, 2.45) is 0 Å². The van der Waals surface area contributed by atoms with E-state index in [2.05, 4.69) is 50.3 Å². The number of allylic oxidation sites excluding steroid dienone is 1. The first kappa shape index (κ1) is 16.2. The average Bonchev–Trinajstić information content (AvgIpc) is 2.59. The van der Waals surface area contributed by atoms with Gasteiger partial charge < -0.3 is 0 Å². The summed E-state index contributed by atoms with van der Waals surface area (Å²) in [5, 5.41) is 0. The van der Waals surface area contributed by atoms with Gasteiger partial charge in [-0.3, -0.25) is 0 Å². The number of halogens is 1. The number of rotatable bonds is 4. The van der Waals surface area contributed by atoms with Crippen molar-refractivity contribution in [2.45, 2.75) is 20.3 Å². The van der Waals surface area contributed by atoms with E-state index in [0.717, 1.165) is 12.0 Å². The quantitative estimate of drug-likeness (QED) is 0.525. The molecule has 0 amide bonds. The Hall–Kier alpha value is -2.67. The van der Waals surface area contributed by atoms with E-state index in [1.54, 1.807) is 0 Å². The van der Waals surface area contributed by atoms with Gasteiger partial charge in [0.15, 0.2) is 0 Å². The monoisotopic (exact) mass is 316 g/mol. The third-order valence-corrected chi connectivity index (χ3v) is 4.32. The van der Waals surface area contributed by atoms with E-state index < -0.39 is 0 Å². The minimum atomic E-state index is -0.201. The molecule has 0 aromatic heterocycles. The first-order valence-electron chi connectivity index (χ1n) is 8.21. The first-order valence-corrected chi connectivity index (χ1v) is 8.21. The Balaban J connectivity index is 1.93. The molecule has 3 aromatic carbocycles. The molecule has 120 valence electrons. The number of aryl methyl sites for hydroxylation is 2. The van der Waals surface area contributed by atoms with Gasteiger partial charge in [0.25, 0.3) is 0 Å². The van der Waals surface area contributed by atoms with Gasteiger partial charge in [-0.05, 0) is 65.8 Å². The molecule has 0 atom stereocenters. The molecule has 0 radical (unpaired) electrons. The second-order valence-electron chi connectivity index (χ2n) is 6.12. The summed E-state index contributed by atoms with van der Waals surface area (Å²) in [6.45, 7) is 4.25. The fraction of sp³-hybridized carbons (Fsp3) is 0.130. The van der Waals surface area contributed by atoms with Crippen LogP contribution in [0.25, 0.3) is 17.2 Å². The van der Waals surface area contributed by atoms with Crippen molar-refractivity contribution >= 4 is 6.08 Å². The topological polar surface area (TPSA) is 0 Å². The van der Waals surface area contributed by atoms with Crippen molar-refractivity contribution < 1.29 is 4.39 Å². The van der Waals surface area contributed by atoms with Gasteiger partial charge in [0.1, 0.15) is 5.82 Å². The largest absolute Gasteiger partial charge is 0.207 e. The zero-order valence-electron chi connectivity index (χ0n) is 14.1. The van der Waals surface area contributed by atoms with Crippen LogP contribution in [0.15, 0.2) is 72.8 Å². The summed E-state index contributed by atoms with van der Waals surface area (Å²) in [7, 11) is 0. The molecule has 3 rings (SSSR count). The lowest BCUT2D eigenvalue weighted by molar-refractivity contribution is 0.628. The highest BCUT2D eigenvalue weighted by Crippen LogP contribution is 2.28. The number of hydrogen-bond donors (Lipinski definition) is 0. The van der Waals surface area contributed by atoms with E-state index in [4.69, 9.17) is 0 Å². The molecule has 0 nitrogen and oxygen atoms in total. The number of hydrogen-bond acceptors (Lipinski definition) is 0. The minimum Gasteiger partial charge on any atom is -0.207 e. The standard InChI is InChI=1S/C23H21F/c1-17-15-21(10-6-9-19-7-4-3-5-8-19)23(16-18(17)2)20-11-13-22(24)14-12-20/h3-9,11-16H,10H2,1-2H3/b9-6+. The Labute approximate surface area is 143 Å². The summed E-state index contributed by atoms with van der Waals surface area (Å²) in [6.07, 6.45) is 5.18. The fourth-order valence-corrected chi connectivity index (χ4v) is 2.83. The summed E-state index contributed by atoms with van der Waals surface area (Å²) in [5.41, 5.74) is 7.23. The van der Waals surface area contributed by atoms with E-state index in [1.807, 2.05) is 30.3 Å². The van der Waals surface area contributed by atoms with Crippen molar-refractivity contribution in [3.8, 4) is 11.1 Å². The average molecular weight is 316 g/mol. The van der Waals surface area contributed by atoms with Crippen molar-refractivity contribution in [1.29, 1.82) is 0 Å². The van der Waals surface area contributed by atoms with Gasteiger partial charge >= 0.3 is 0 Å². The molecule has 0 aliphatic heterocycles. The normalized spacial score (nSPS) is 11.1. The van der Waals surface area contributed by atoms with Crippen LogP contribution in [0.3, 0.4) is 0 Å². The highest BCUT2D eigenvalue weighted by Gasteiger charge is 2.07. The third kappa shape index (κ3) is 3.80. The third-order valence-electron chi connectivity index (χ3n) is 4.32. The van der Waals surface area contributed by atoms with E-state index in [9.17, 15) is 4.39 Å². The van der Waals surface area contributed by atoms with Crippen molar-refractivity contribution in [3.05, 3.63) is 101 Å². The van der Waals surface area contributed by atoms with Crippen LogP contribution in [-0.2, 0) is 6.42 Å². The Morgan fingerprint density at radius 1 is 0.833 bits per heavy atom. The Bertz CT molecular complexity index is 843. The molecule has 0 aliphatic carbocycles. The molecule has 24 heavy (non-hydrogen) atoms. The van der Waals surface area contributed by atoms with E-state index in [0.29, 0.717) is 0 Å².